The molecule has 3 amide bonds. The minimum atomic E-state index is -0.656. The molecule has 0 radical (unpaired) electrons. The number of anilines is 1. The highest BCUT2D eigenvalue weighted by Crippen LogP contribution is 2.17. The lowest BCUT2D eigenvalue weighted by Gasteiger charge is -2.17. The molecule has 0 aliphatic rings. The number of nitrogens with two attached hydrogens (primary N) is 1. The number of para-hydroxylation sites is 1. The Balaban J connectivity index is 2.05. The van der Waals surface area contributed by atoms with Crippen molar-refractivity contribution in [2.24, 2.45) is 5.73 Å². The molecule has 0 bridgehead atoms. The first-order chi connectivity index (χ1) is 10.1. The standard InChI is InChI=1S/C16H17N3O2/c17-16(21)19-14(12-7-3-1-4-8-12)11-15(20)18-13-9-5-2-6-10-13/h1-10,14H,11H2,(H,18,20)(H3,17,19,21)/t14-/m0/s1. The molecule has 0 unspecified atom stereocenters. The van der Waals surface area contributed by atoms with E-state index < -0.39 is 12.1 Å². The highest BCUT2D eigenvalue weighted by Gasteiger charge is 2.17. The Kier molecular flexibility index (Phi) is 4.93. The molecule has 1 atom stereocenters. The van der Waals surface area contributed by atoms with E-state index in [4.69, 9.17) is 5.73 Å². The number of primary amides is 1. The first kappa shape index (κ1) is 14.6. The molecule has 0 heterocycles. The zero-order chi connectivity index (χ0) is 15.1. The predicted octanol–water partition coefficient (Wildman–Crippen LogP) is 2.42. The van der Waals surface area contributed by atoms with Gasteiger partial charge in [0, 0.05) is 5.69 Å². The summed E-state index contributed by atoms with van der Waals surface area (Å²) in [6.07, 6.45) is 0.113. The Morgan fingerprint density at radius 1 is 0.952 bits per heavy atom. The third-order valence-corrected chi connectivity index (χ3v) is 2.97. The summed E-state index contributed by atoms with van der Waals surface area (Å²) in [7, 11) is 0. The van der Waals surface area contributed by atoms with Gasteiger partial charge in [0.25, 0.3) is 0 Å². The van der Waals surface area contributed by atoms with Crippen LogP contribution in [0.1, 0.15) is 18.0 Å². The molecule has 0 saturated carbocycles. The average molecular weight is 283 g/mol. The molecule has 5 heteroatoms. The van der Waals surface area contributed by atoms with Gasteiger partial charge in [-0.25, -0.2) is 4.79 Å². The number of carbonyl (C=O) groups is 2. The van der Waals surface area contributed by atoms with Crippen LogP contribution in [0.15, 0.2) is 60.7 Å². The van der Waals surface area contributed by atoms with E-state index in [9.17, 15) is 9.59 Å². The topological polar surface area (TPSA) is 84.2 Å². The second kappa shape index (κ2) is 7.09. The van der Waals surface area contributed by atoms with E-state index in [1.807, 2.05) is 48.5 Å². The maximum absolute atomic E-state index is 12.1. The summed E-state index contributed by atoms with van der Waals surface area (Å²) in [5.74, 6) is -0.191. The largest absolute Gasteiger partial charge is 0.352 e. The minimum Gasteiger partial charge on any atom is -0.352 e. The number of rotatable bonds is 5. The Morgan fingerprint density at radius 3 is 2.10 bits per heavy atom. The van der Waals surface area contributed by atoms with Crippen molar-refractivity contribution in [2.75, 3.05) is 5.32 Å². The van der Waals surface area contributed by atoms with Crippen molar-refractivity contribution in [3.8, 4) is 0 Å². The van der Waals surface area contributed by atoms with E-state index in [0.717, 1.165) is 5.56 Å². The second-order valence-corrected chi connectivity index (χ2v) is 4.59. The van der Waals surface area contributed by atoms with Gasteiger partial charge in [-0.15, -0.1) is 0 Å². The molecule has 108 valence electrons. The van der Waals surface area contributed by atoms with Gasteiger partial charge in [-0.3, -0.25) is 4.79 Å². The zero-order valence-corrected chi connectivity index (χ0v) is 11.5. The second-order valence-electron chi connectivity index (χ2n) is 4.59. The summed E-state index contributed by atoms with van der Waals surface area (Å²) >= 11 is 0. The first-order valence-corrected chi connectivity index (χ1v) is 6.61. The van der Waals surface area contributed by atoms with E-state index in [1.165, 1.54) is 0 Å². The number of nitrogens with one attached hydrogen (secondary N) is 2. The van der Waals surface area contributed by atoms with E-state index in [-0.39, 0.29) is 12.3 Å². The summed E-state index contributed by atoms with van der Waals surface area (Å²) in [5.41, 5.74) is 6.73. The lowest BCUT2D eigenvalue weighted by molar-refractivity contribution is -0.116. The third kappa shape index (κ3) is 4.65. The highest BCUT2D eigenvalue weighted by molar-refractivity contribution is 5.91. The Bertz CT molecular complexity index is 599. The molecule has 0 fully saturated rings. The number of hydrogen-bond donors (Lipinski definition) is 3. The molecule has 5 nitrogen and oxygen atoms in total. The fourth-order valence-corrected chi connectivity index (χ4v) is 2.03. The Labute approximate surface area is 123 Å². The number of benzene rings is 2. The van der Waals surface area contributed by atoms with Crippen molar-refractivity contribution >= 4 is 17.6 Å². The summed E-state index contributed by atoms with van der Waals surface area (Å²) in [6.45, 7) is 0. The molecule has 0 spiro atoms. The van der Waals surface area contributed by atoms with Crippen LogP contribution in [0.4, 0.5) is 10.5 Å². The highest BCUT2D eigenvalue weighted by atomic mass is 16.2. The Morgan fingerprint density at radius 2 is 1.52 bits per heavy atom. The summed E-state index contributed by atoms with van der Waals surface area (Å²) < 4.78 is 0. The van der Waals surface area contributed by atoms with E-state index in [0.29, 0.717) is 5.69 Å². The number of amides is 3. The van der Waals surface area contributed by atoms with Crippen LogP contribution in [0.5, 0.6) is 0 Å². The molecule has 0 saturated heterocycles. The van der Waals surface area contributed by atoms with Crippen LogP contribution >= 0.6 is 0 Å². The van der Waals surface area contributed by atoms with Crippen LogP contribution < -0.4 is 16.4 Å². The molecule has 0 aliphatic heterocycles. The predicted molar refractivity (Wildman–Crippen MR) is 81.6 cm³/mol. The molecule has 0 aliphatic carbocycles. The van der Waals surface area contributed by atoms with Gasteiger partial charge in [-0.1, -0.05) is 48.5 Å². The van der Waals surface area contributed by atoms with Gasteiger partial charge >= 0.3 is 6.03 Å². The maximum atomic E-state index is 12.1. The molecule has 0 aromatic heterocycles. The molecular weight excluding hydrogens is 266 g/mol. The smallest absolute Gasteiger partial charge is 0.312 e. The van der Waals surface area contributed by atoms with Gasteiger partial charge in [-0.05, 0) is 17.7 Å². The molecular formula is C16H17N3O2. The third-order valence-electron chi connectivity index (χ3n) is 2.97. The molecule has 4 N–H and O–H groups in total. The lowest BCUT2D eigenvalue weighted by Crippen LogP contribution is -2.35. The monoisotopic (exact) mass is 283 g/mol. The summed E-state index contributed by atoms with van der Waals surface area (Å²) in [4.78, 5) is 23.2. The first-order valence-electron chi connectivity index (χ1n) is 6.61. The van der Waals surface area contributed by atoms with Crippen molar-refractivity contribution in [3.63, 3.8) is 0 Å². The van der Waals surface area contributed by atoms with E-state index >= 15 is 0 Å². The molecule has 2 aromatic carbocycles. The molecule has 2 rings (SSSR count). The van der Waals surface area contributed by atoms with Gasteiger partial charge < -0.3 is 16.4 Å². The van der Waals surface area contributed by atoms with Gasteiger partial charge in [-0.2, -0.15) is 0 Å². The molecule has 2 aromatic rings. The number of hydrogen-bond acceptors (Lipinski definition) is 2. The lowest BCUT2D eigenvalue weighted by atomic mass is 10.0. The van der Waals surface area contributed by atoms with Crippen molar-refractivity contribution in [1.29, 1.82) is 0 Å². The van der Waals surface area contributed by atoms with Crippen LogP contribution in [-0.2, 0) is 4.79 Å². The van der Waals surface area contributed by atoms with Crippen LogP contribution in [0, 0.1) is 0 Å². The Hall–Kier alpha value is -2.82. The van der Waals surface area contributed by atoms with Crippen LogP contribution in [0.3, 0.4) is 0 Å². The van der Waals surface area contributed by atoms with Crippen LogP contribution in [0.2, 0.25) is 0 Å². The van der Waals surface area contributed by atoms with Crippen molar-refractivity contribution in [1.82, 2.24) is 5.32 Å². The number of carbonyl (C=O) groups excluding carboxylic acids is 2. The summed E-state index contributed by atoms with van der Waals surface area (Å²) in [6, 6.07) is 17.3. The fourth-order valence-electron chi connectivity index (χ4n) is 2.03. The SMILES string of the molecule is NC(=O)N[C@@H](CC(=O)Nc1ccccc1)c1ccccc1. The zero-order valence-electron chi connectivity index (χ0n) is 11.5. The van der Waals surface area contributed by atoms with Gasteiger partial charge in [0.2, 0.25) is 5.91 Å². The normalized spacial score (nSPS) is 11.4. The minimum absolute atomic E-state index is 0.113. The van der Waals surface area contributed by atoms with Crippen molar-refractivity contribution in [2.45, 2.75) is 12.5 Å². The van der Waals surface area contributed by atoms with Crippen LogP contribution in [0.25, 0.3) is 0 Å². The van der Waals surface area contributed by atoms with E-state index in [2.05, 4.69) is 10.6 Å². The fraction of sp³-hybridized carbons (Fsp3) is 0.125. The number of urea groups is 1. The quantitative estimate of drug-likeness (QED) is 0.787. The average Bonchev–Trinajstić information content (AvgIpc) is 2.48. The van der Waals surface area contributed by atoms with Gasteiger partial charge in [0.15, 0.2) is 0 Å². The van der Waals surface area contributed by atoms with Crippen LogP contribution in [-0.4, -0.2) is 11.9 Å². The van der Waals surface area contributed by atoms with Crippen molar-refractivity contribution in [3.05, 3.63) is 66.2 Å². The van der Waals surface area contributed by atoms with Gasteiger partial charge in [0.05, 0.1) is 12.5 Å². The maximum Gasteiger partial charge on any atom is 0.312 e. The molecule has 21 heavy (non-hydrogen) atoms. The summed E-state index contributed by atoms with van der Waals surface area (Å²) in [5, 5.41) is 5.38. The van der Waals surface area contributed by atoms with E-state index in [1.54, 1.807) is 12.1 Å². The van der Waals surface area contributed by atoms with Crippen molar-refractivity contribution < 1.29 is 9.59 Å². The van der Waals surface area contributed by atoms with Gasteiger partial charge in [0.1, 0.15) is 0 Å².